The van der Waals surface area contributed by atoms with Crippen LogP contribution in [0.5, 0.6) is 5.75 Å². The number of hydrogen-bond donors (Lipinski definition) is 2. The number of rotatable bonds is 4. The zero-order valence-electron chi connectivity index (χ0n) is 12.8. The van der Waals surface area contributed by atoms with E-state index >= 15 is 0 Å². The van der Waals surface area contributed by atoms with Gasteiger partial charge in [0.25, 0.3) is 0 Å². The molecule has 0 aliphatic heterocycles. The average Bonchev–Trinajstić information content (AvgIpc) is 2.59. The standard InChI is InChI=1S/C16H12Cl3N3O3/c1-25-13-6-5-9(7-11(13)18)8-20-22-16(24)15(23)21-12-4-2-3-10(17)14(12)19/h2-8H,1H3,(H,21,23)(H,22,24)/b20-8-. The Bertz CT molecular complexity index is 841. The number of nitrogens with one attached hydrogen (secondary N) is 2. The number of halogens is 3. The maximum atomic E-state index is 11.8. The van der Waals surface area contributed by atoms with Gasteiger partial charge < -0.3 is 10.1 Å². The zero-order chi connectivity index (χ0) is 18.4. The Morgan fingerprint density at radius 2 is 1.84 bits per heavy atom. The van der Waals surface area contributed by atoms with Crippen molar-refractivity contribution >= 4 is 58.5 Å². The van der Waals surface area contributed by atoms with Crippen molar-refractivity contribution < 1.29 is 14.3 Å². The quantitative estimate of drug-likeness (QED) is 0.466. The molecule has 9 heteroatoms. The molecule has 25 heavy (non-hydrogen) atoms. The molecule has 0 atom stereocenters. The maximum absolute atomic E-state index is 11.8. The SMILES string of the molecule is COc1ccc(/C=N\NC(=O)C(=O)Nc2cccc(Cl)c2Cl)cc1Cl. The van der Waals surface area contributed by atoms with Crippen LogP contribution in [0.25, 0.3) is 0 Å². The Labute approximate surface area is 158 Å². The van der Waals surface area contributed by atoms with Gasteiger partial charge in [-0.2, -0.15) is 5.10 Å². The number of nitrogens with zero attached hydrogens (tertiary/aromatic N) is 1. The van der Waals surface area contributed by atoms with Gasteiger partial charge in [-0.15, -0.1) is 0 Å². The van der Waals surface area contributed by atoms with Crippen molar-refractivity contribution in [3.05, 3.63) is 57.0 Å². The van der Waals surface area contributed by atoms with E-state index < -0.39 is 11.8 Å². The van der Waals surface area contributed by atoms with Crippen LogP contribution >= 0.6 is 34.8 Å². The monoisotopic (exact) mass is 399 g/mol. The summed E-state index contributed by atoms with van der Waals surface area (Å²) < 4.78 is 5.03. The van der Waals surface area contributed by atoms with Crippen molar-refractivity contribution in [2.75, 3.05) is 12.4 Å². The fraction of sp³-hybridized carbons (Fsp3) is 0.0625. The van der Waals surface area contributed by atoms with E-state index in [9.17, 15) is 9.59 Å². The minimum absolute atomic E-state index is 0.140. The summed E-state index contributed by atoms with van der Waals surface area (Å²) >= 11 is 17.7. The summed E-state index contributed by atoms with van der Waals surface area (Å²) in [5.41, 5.74) is 2.94. The molecule has 0 unspecified atom stereocenters. The van der Waals surface area contributed by atoms with Crippen LogP contribution in [0.1, 0.15) is 5.56 Å². The highest BCUT2D eigenvalue weighted by molar-refractivity contribution is 6.45. The molecule has 0 bridgehead atoms. The topological polar surface area (TPSA) is 79.8 Å². The molecule has 130 valence electrons. The third-order valence-corrected chi connectivity index (χ3v) is 4.08. The Morgan fingerprint density at radius 1 is 1.08 bits per heavy atom. The van der Waals surface area contributed by atoms with E-state index in [1.807, 2.05) is 0 Å². The Morgan fingerprint density at radius 3 is 2.52 bits per heavy atom. The molecule has 2 aromatic carbocycles. The van der Waals surface area contributed by atoms with E-state index in [1.165, 1.54) is 19.4 Å². The number of methoxy groups -OCH3 is 1. The number of hydrazone groups is 1. The second kappa shape index (κ2) is 8.71. The van der Waals surface area contributed by atoms with Crippen LogP contribution in [0.4, 0.5) is 5.69 Å². The van der Waals surface area contributed by atoms with E-state index in [0.717, 1.165) is 0 Å². The summed E-state index contributed by atoms with van der Waals surface area (Å²) in [4.78, 5) is 23.6. The molecule has 0 radical (unpaired) electrons. The van der Waals surface area contributed by atoms with Gasteiger partial charge in [-0.05, 0) is 35.9 Å². The van der Waals surface area contributed by atoms with Crippen LogP contribution in [0, 0.1) is 0 Å². The highest BCUT2D eigenvalue weighted by atomic mass is 35.5. The molecule has 0 saturated heterocycles. The van der Waals surface area contributed by atoms with Gasteiger partial charge in [0.1, 0.15) is 5.75 Å². The Kier molecular flexibility index (Phi) is 6.64. The summed E-state index contributed by atoms with van der Waals surface area (Å²) in [5.74, 6) is -1.39. The number of carbonyl (C=O) groups is 2. The molecule has 2 N–H and O–H groups in total. The molecule has 0 aromatic heterocycles. The molecular formula is C16H12Cl3N3O3. The summed E-state index contributed by atoms with van der Waals surface area (Å²) in [7, 11) is 1.50. The summed E-state index contributed by atoms with van der Waals surface area (Å²) in [6.07, 6.45) is 1.34. The molecule has 0 spiro atoms. The number of ether oxygens (including phenoxy) is 1. The molecule has 2 aromatic rings. The molecule has 2 rings (SSSR count). The number of amides is 2. The van der Waals surface area contributed by atoms with Crippen LogP contribution in [-0.4, -0.2) is 25.1 Å². The van der Waals surface area contributed by atoms with Gasteiger partial charge in [-0.3, -0.25) is 9.59 Å². The van der Waals surface area contributed by atoms with Crippen LogP contribution < -0.4 is 15.5 Å². The highest BCUT2D eigenvalue weighted by Gasteiger charge is 2.15. The van der Waals surface area contributed by atoms with E-state index in [4.69, 9.17) is 39.5 Å². The number of carbonyl (C=O) groups excluding carboxylic acids is 2. The third kappa shape index (κ3) is 5.09. The molecule has 6 nitrogen and oxygen atoms in total. The normalized spacial score (nSPS) is 10.6. The minimum Gasteiger partial charge on any atom is -0.495 e. The predicted molar refractivity (Wildman–Crippen MR) is 98.8 cm³/mol. The van der Waals surface area contributed by atoms with Crippen molar-refractivity contribution in [2.45, 2.75) is 0 Å². The molecule has 0 fully saturated rings. The van der Waals surface area contributed by atoms with E-state index in [2.05, 4.69) is 15.8 Å². The average molecular weight is 401 g/mol. The summed E-state index contributed by atoms with van der Waals surface area (Å²) in [6, 6.07) is 9.60. The van der Waals surface area contributed by atoms with Crippen molar-refractivity contribution in [3.63, 3.8) is 0 Å². The second-order valence-electron chi connectivity index (χ2n) is 4.65. The van der Waals surface area contributed by atoms with Crippen molar-refractivity contribution in [3.8, 4) is 5.75 Å². The fourth-order valence-corrected chi connectivity index (χ4v) is 2.37. The molecule has 0 heterocycles. The van der Waals surface area contributed by atoms with Gasteiger partial charge >= 0.3 is 11.8 Å². The maximum Gasteiger partial charge on any atom is 0.329 e. The van der Waals surface area contributed by atoms with Crippen LogP contribution in [0.15, 0.2) is 41.5 Å². The Balaban J connectivity index is 1.96. The van der Waals surface area contributed by atoms with E-state index in [0.29, 0.717) is 16.3 Å². The predicted octanol–water partition coefficient (Wildman–Crippen LogP) is 3.74. The number of anilines is 1. The van der Waals surface area contributed by atoms with Gasteiger partial charge in [0.2, 0.25) is 0 Å². The zero-order valence-corrected chi connectivity index (χ0v) is 15.1. The van der Waals surface area contributed by atoms with Gasteiger partial charge in [0.05, 0.1) is 34.1 Å². The van der Waals surface area contributed by atoms with Gasteiger partial charge in [-0.25, -0.2) is 5.43 Å². The molecule has 0 saturated carbocycles. The van der Waals surface area contributed by atoms with Gasteiger partial charge in [0.15, 0.2) is 0 Å². The van der Waals surface area contributed by atoms with Crippen LogP contribution in [-0.2, 0) is 9.59 Å². The van der Waals surface area contributed by atoms with Gasteiger partial charge in [-0.1, -0.05) is 40.9 Å². The molecular weight excluding hydrogens is 389 g/mol. The fourth-order valence-electron chi connectivity index (χ4n) is 1.76. The molecule has 0 aliphatic rings. The number of hydrogen-bond acceptors (Lipinski definition) is 4. The van der Waals surface area contributed by atoms with Crippen molar-refractivity contribution in [1.29, 1.82) is 0 Å². The summed E-state index contributed by atoms with van der Waals surface area (Å²) in [5, 5.41) is 6.84. The first-order chi connectivity index (χ1) is 11.9. The van der Waals surface area contributed by atoms with Crippen molar-refractivity contribution in [1.82, 2.24) is 5.43 Å². The third-order valence-electron chi connectivity index (χ3n) is 2.96. The summed E-state index contributed by atoms with van der Waals surface area (Å²) in [6.45, 7) is 0. The first-order valence-corrected chi connectivity index (χ1v) is 7.97. The lowest BCUT2D eigenvalue weighted by Gasteiger charge is -2.07. The smallest absolute Gasteiger partial charge is 0.329 e. The lowest BCUT2D eigenvalue weighted by atomic mass is 10.2. The highest BCUT2D eigenvalue weighted by Crippen LogP contribution is 2.29. The van der Waals surface area contributed by atoms with Crippen molar-refractivity contribution in [2.24, 2.45) is 5.10 Å². The van der Waals surface area contributed by atoms with E-state index in [1.54, 1.807) is 30.3 Å². The van der Waals surface area contributed by atoms with E-state index in [-0.39, 0.29) is 15.7 Å². The van der Waals surface area contributed by atoms with Crippen LogP contribution in [0.3, 0.4) is 0 Å². The largest absolute Gasteiger partial charge is 0.495 e. The lowest BCUT2D eigenvalue weighted by Crippen LogP contribution is -2.32. The Hall–Kier alpha value is -2.28. The van der Waals surface area contributed by atoms with Gasteiger partial charge in [0, 0.05) is 0 Å². The first kappa shape index (κ1) is 19.1. The number of benzene rings is 2. The second-order valence-corrected chi connectivity index (χ2v) is 5.84. The molecule has 0 aliphatic carbocycles. The minimum atomic E-state index is -0.966. The first-order valence-electron chi connectivity index (χ1n) is 6.84. The molecule has 2 amide bonds. The lowest BCUT2D eigenvalue weighted by molar-refractivity contribution is -0.136. The van der Waals surface area contributed by atoms with Crippen LogP contribution in [0.2, 0.25) is 15.1 Å².